The van der Waals surface area contributed by atoms with Crippen molar-refractivity contribution in [2.24, 2.45) is 5.84 Å². The molecule has 1 aromatic heterocycles. The first-order valence-corrected chi connectivity index (χ1v) is 7.10. The molecule has 0 bridgehead atoms. The quantitative estimate of drug-likeness (QED) is 0.493. The SMILES string of the molecule is CCCCCCN(N)c1nc2ccc(F)cc2s1. The fraction of sp³-hybridized carbons (Fsp3) is 0.462. The van der Waals surface area contributed by atoms with Gasteiger partial charge in [0, 0.05) is 6.54 Å². The number of halogens is 1. The molecule has 5 heteroatoms. The summed E-state index contributed by atoms with van der Waals surface area (Å²) in [6.07, 6.45) is 4.70. The van der Waals surface area contributed by atoms with E-state index >= 15 is 0 Å². The number of nitrogens with zero attached hydrogens (tertiary/aromatic N) is 2. The number of thiazole rings is 1. The summed E-state index contributed by atoms with van der Waals surface area (Å²) in [5.41, 5.74) is 0.806. The lowest BCUT2D eigenvalue weighted by Crippen LogP contribution is -2.31. The Labute approximate surface area is 110 Å². The van der Waals surface area contributed by atoms with Gasteiger partial charge < -0.3 is 0 Å². The fourth-order valence-corrected chi connectivity index (χ4v) is 2.75. The Bertz CT molecular complexity index is 512. The van der Waals surface area contributed by atoms with Gasteiger partial charge in [0.25, 0.3) is 0 Å². The van der Waals surface area contributed by atoms with Crippen LogP contribution in [-0.2, 0) is 0 Å². The third kappa shape index (κ3) is 3.17. The molecule has 0 saturated carbocycles. The number of hydrogen-bond donors (Lipinski definition) is 1. The Morgan fingerprint density at radius 3 is 2.94 bits per heavy atom. The van der Waals surface area contributed by atoms with Crippen LogP contribution in [0, 0.1) is 5.82 Å². The van der Waals surface area contributed by atoms with E-state index in [0.717, 1.165) is 28.3 Å². The lowest BCUT2D eigenvalue weighted by Gasteiger charge is -2.14. The van der Waals surface area contributed by atoms with Gasteiger partial charge >= 0.3 is 0 Å². The van der Waals surface area contributed by atoms with Gasteiger partial charge in [0.15, 0.2) is 0 Å². The highest BCUT2D eigenvalue weighted by atomic mass is 32.1. The van der Waals surface area contributed by atoms with Crippen LogP contribution >= 0.6 is 11.3 Å². The minimum atomic E-state index is -0.232. The Morgan fingerprint density at radius 2 is 2.17 bits per heavy atom. The number of hydrazine groups is 1. The molecular formula is C13H18FN3S. The summed E-state index contributed by atoms with van der Waals surface area (Å²) >= 11 is 1.43. The number of benzene rings is 1. The molecule has 98 valence electrons. The molecule has 0 spiro atoms. The summed E-state index contributed by atoms with van der Waals surface area (Å²) in [6, 6.07) is 4.62. The molecule has 3 nitrogen and oxygen atoms in total. The van der Waals surface area contributed by atoms with Crippen molar-refractivity contribution >= 4 is 26.7 Å². The average molecular weight is 267 g/mol. The summed E-state index contributed by atoms with van der Waals surface area (Å²) in [4.78, 5) is 4.41. The highest BCUT2D eigenvalue weighted by molar-refractivity contribution is 7.22. The van der Waals surface area contributed by atoms with Crippen molar-refractivity contribution < 1.29 is 4.39 Å². The first kappa shape index (κ1) is 13.2. The lowest BCUT2D eigenvalue weighted by molar-refractivity contribution is 0.630. The van der Waals surface area contributed by atoms with E-state index in [1.54, 1.807) is 11.1 Å². The van der Waals surface area contributed by atoms with Gasteiger partial charge in [0.1, 0.15) is 5.82 Å². The molecule has 0 radical (unpaired) electrons. The third-order valence-corrected chi connectivity index (χ3v) is 3.89. The molecular weight excluding hydrogens is 249 g/mol. The Balaban J connectivity index is 2.01. The van der Waals surface area contributed by atoms with Crippen molar-refractivity contribution in [3.8, 4) is 0 Å². The second kappa shape index (κ2) is 6.11. The highest BCUT2D eigenvalue weighted by Crippen LogP contribution is 2.28. The first-order chi connectivity index (χ1) is 8.70. The topological polar surface area (TPSA) is 42.1 Å². The molecule has 2 N–H and O–H groups in total. The number of unbranched alkanes of at least 4 members (excludes halogenated alkanes) is 3. The fourth-order valence-electron chi connectivity index (χ4n) is 1.81. The Morgan fingerprint density at radius 1 is 1.33 bits per heavy atom. The van der Waals surface area contributed by atoms with E-state index in [-0.39, 0.29) is 5.82 Å². The largest absolute Gasteiger partial charge is 0.286 e. The van der Waals surface area contributed by atoms with Crippen molar-refractivity contribution in [1.82, 2.24) is 4.98 Å². The monoisotopic (exact) mass is 267 g/mol. The highest BCUT2D eigenvalue weighted by Gasteiger charge is 2.09. The van der Waals surface area contributed by atoms with Crippen LogP contribution in [0.3, 0.4) is 0 Å². The van der Waals surface area contributed by atoms with E-state index in [9.17, 15) is 4.39 Å². The molecule has 0 aliphatic rings. The van der Waals surface area contributed by atoms with Gasteiger partial charge in [-0.2, -0.15) is 0 Å². The van der Waals surface area contributed by atoms with E-state index in [2.05, 4.69) is 11.9 Å². The lowest BCUT2D eigenvalue weighted by atomic mass is 10.2. The molecule has 2 rings (SSSR count). The van der Waals surface area contributed by atoms with E-state index in [1.165, 1.54) is 42.7 Å². The van der Waals surface area contributed by atoms with Gasteiger partial charge in [0.2, 0.25) is 5.13 Å². The molecule has 2 aromatic rings. The maximum atomic E-state index is 13.1. The molecule has 0 unspecified atom stereocenters. The first-order valence-electron chi connectivity index (χ1n) is 6.29. The molecule has 1 aromatic carbocycles. The Hall–Kier alpha value is -1.20. The zero-order valence-electron chi connectivity index (χ0n) is 10.5. The number of fused-ring (bicyclic) bond motifs is 1. The Kier molecular flexibility index (Phi) is 4.49. The molecule has 0 fully saturated rings. The molecule has 0 aliphatic heterocycles. The third-order valence-electron chi connectivity index (χ3n) is 2.84. The van der Waals surface area contributed by atoms with Crippen LogP contribution in [0.4, 0.5) is 9.52 Å². The van der Waals surface area contributed by atoms with Gasteiger partial charge in [-0.3, -0.25) is 5.01 Å². The molecule has 18 heavy (non-hydrogen) atoms. The van der Waals surface area contributed by atoms with Gasteiger partial charge in [-0.1, -0.05) is 37.5 Å². The molecule has 0 aliphatic carbocycles. The number of rotatable bonds is 6. The minimum Gasteiger partial charge on any atom is -0.286 e. The van der Waals surface area contributed by atoms with Crippen LogP contribution in [0.15, 0.2) is 18.2 Å². The van der Waals surface area contributed by atoms with Crippen molar-refractivity contribution in [3.05, 3.63) is 24.0 Å². The molecule has 0 atom stereocenters. The molecule has 0 saturated heterocycles. The van der Waals surface area contributed by atoms with Crippen LogP contribution in [0.2, 0.25) is 0 Å². The van der Waals surface area contributed by atoms with Crippen LogP contribution in [0.25, 0.3) is 10.2 Å². The standard InChI is InChI=1S/C13H18FN3S/c1-2-3-4-5-8-17(15)13-16-11-7-6-10(14)9-12(11)18-13/h6-7,9H,2-5,8,15H2,1H3. The van der Waals surface area contributed by atoms with Crippen molar-refractivity contribution in [3.63, 3.8) is 0 Å². The number of anilines is 1. The number of hydrogen-bond acceptors (Lipinski definition) is 4. The van der Waals surface area contributed by atoms with Gasteiger partial charge in [-0.05, 0) is 24.6 Å². The zero-order valence-corrected chi connectivity index (χ0v) is 11.3. The van der Waals surface area contributed by atoms with Crippen molar-refractivity contribution in [2.45, 2.75) is 32.6 Å². The summed E-state index contributed by atoms with van der Waals surface area (Å²) in [7, 11) is 0. The summed E-state index contributed by atoms with van der Waals surface area (Å²) in [5.74, 6) is 5.73. The van der Waals surface area contributed by atoms with E-state index in [4.69, 9.17) is 5.84 Å². The van der Waals surface area contributed by atoms with Crippen molar-refractivity contribution in [2.75, 3.05) is 11.6 Å². The average Bonchev–Trinajstić information content (AvgIpc) is 2.77. The molecule has 0 amide bonds. The van der Waals surface area contributed by atoms with E-state index < -0.39 is 0 Å². The van der Waals surface area contributed by atoms with Gasteiger partial charge in [0.05, 0.1) is 10.2 Å². The number of nitrogens with two attached hydrogens (primary N) is 1. The van der Waals surface area contributed by atoms with E-state index in [1.807, 2.05) is 0 Å². The maximum absolute atomic E-state index is 13.1. The summed E-state index contributed by atoms with van der Waals surface area (Å²) in [5, 5.41) is 2.42. The number of aromatic nitrogens is 1. The predicted molar refractivity (Wildman–Crippen MR) is 75.3 cm³/mol. The second-order valence-electron chi connectivity index (χ2n) is 4.36. The molecule has 1 heterocycles. The zero-order chi connectivity index (χ0) is 13.0. The van der Waals surface area contributed by atoms with Gasteiger partial charge in [-0.25, -0.2) is 15.2 Å². The van der Waals surface area contributed by atoms with Crippen LogP contribution in [-0.4, -0.2) is 11.5 Å². The van der Waals surface area contributed by atoms with Crippen molar-refractivity contribution in [1.29, 1.82) is 0 Å². The minimum absolute atomic E-state index is 0.232. The predicted octanol–water partition coefficient (Wildman–Crippen LogP) is 3.70. The maximum Gasteiger partial charge on any atom is 0.200 e. The van der Waals surface area contributed by atoms with Crippen LogP contribution < -0.4 is 10.9 Å². The van der Waals surface area contributed by atoms with Crippen LogP contribution in [0.1, 0.15) is 32.6 Å². The normalized spacial score (nSPS) is 11.1. The van der Waals surface area contributed by atoms with Crippen LogP contribution in [0.5, 0.6) is 0 Å². The smallest absolute Gasteiger partial charge is 0.200 e. The van der Waals surface area contributed by atoms with E-state index in [0.29, 0.717) is 0 Å². The summed E-state index contributed by atoms with van der Waals surface area (Å²) in [6.45, 7) is 2.98. The second-order valence-corrected chi connectivity index (χ2v) is 5.37. The van der Waals surface area contributed by atoms with Gasteiger partial charge in [-0.15, -0.1) is 0 Å². The summed E-state index contributed by atoms with van der Waals surface area (Å²) < 4.78 is 13.9.